The minimum Gasteiger partial charge on any atom is -0.490 e. The number of fused-ring (bicyclic) bond motifs is 3. The summed E-state index contributed by atoms with van der Waals surface area (Å²) in [5.41, 5.74) is 7.19. The fourth-order valence-electron chi connectivity index (χ4n) is 5.25. The summed E-state index contributed by atoms with van der Waals surface area (Å²) >= 11 is 0. The molecule has 4 aromatic carbocycles. The van der Waals surface area contributed by atoms with Gasteiger partial charge in [-0.2, -0.15) is 0 Å². The van der Waals surface area contributed by atoms with Crippen molar-refractivity contribution in [3.63, 3.8) is 0 Å². The van der Waals surface area contributed by atoms with Gasteiger partial charge in [0.25, 0.3) is 5.91 Å². The molecule has 6 rings (SSSR count). The van der Waals surface area contributed by atoms with Gasteiger partial charge in [-0.3, -0.25) is 19.7 Å². The van der Waals surface area contributed by atoms with Crippen LogP contribution in [0, 0.1) is 10.1 Å². The SMILES string of the molecule is COc1cc(-c2ccc3c(c2)Nc2ccc(CCN4Cc5ccccc5CC4=O)cc2NC3=O)ccc1[N+](=O)[O-]. The molecule has 0 aliphatic carbocycles. The summed E-state index contributed by atoms with van der Waals surface area (Å²) in [7, 11) is 1.39. The normalized spacial score (nSPS) is 13.8. The van der Waals surface area contributed by atoms with Gasteiger partial charge in [-0.15, -0.1) is 0 Å². The molecule has 4 aromatic rings. The van der Waals surface area contributed by atoms with Crippen molar-refractivity contribution >= 4 is 34.6 Å². The third-order valence-electron chi connectivity index (χ3n) is 7.42. The number of methoxy groups -OCH3 is 1. The van der Waals surface area contributed by atoms with E-state index in [-0.39, 0.29) is 23.3 Å². The van der Waals surface area contributed by atoms with Crippen LogP contribution in [0.3, 0.4) is 0 Å². The molecule has 0 atom stereocenters. The summed E-state index contributed by atoms with van der Waals surface area (Å²) in [6.45, 7) is 1.20. The highest BCUT2D eigenvalue weighted by Gasteiger charge is 2.24. The van der Waals surface area contributed by atoms with Crippen molar-refractivity contribution in [3.8, 4) is 16.9 Å². The van der Waals surface area contributed by atoms with Crippen LogP contribution < -0.4 is 15.4 Å². The summed E-state index contributed by atoms with van der Waals surface area (Å²) < 4.78 is 5.21. The molecule has 0 unspecified atom stereocenters. The summed E-state index contributed by atoms with van der Waals surface area (Å²) in [5, 5.41) is 17.6. The Morgan fingerprint density at radius 1 is 0.875 bits per heavy atom. The molecule has 0 radical (unpaired) electrons. The van der Waals surface area contributed by atoms with Crippen molar-refractivity contribution in [3.05, 3.63) is 111 Å². The van der Waals surface area contributed by atoms with E-state index in [1.54, 1.807) is 24.3 Å². The summed E-state index contributed by atoms with van der Waals surface area (Å²) in [5.74, 6) is 0.0471. The fourth-order valence-corrected chi connectivity index (χ4v) is 5.25. The number of nitro groups is 1. The van der Waals surface area contributed by atoms with Gasteiger partial charge in [0.2, 0.25) is 5.91 Å². The molecule has 0 bridgehead atoms. The maximum Gasteiger partial charge on any atom is 0.310 e. The van der Waals surface area contributed by atoms with Gasteiger partial charge >= 0.3 is 5.69 Å². The van der Waals surface area contributed by atoms with Crippen LogP contribution in [-0.2, 0) is 24.2 Å². The third kappa shape index (κ3) is 4.73. The molecule has 0 spiro atoms. The quantitative estimate of drug-likeness (QED) is 0.242. The molecule has 0 fully saturated rings. The number of carbonyl (C=O) groups excluding carboxylic acids is 2. The van der Waals surface area contributed by atoms with Crippen LogP contribution >= 0.6 is 0 Å². The highest BCUT2D eigenvalue weighted by atomic mass is 16.6. The second kappa shape index (κ2) is 10.2. The summed E-state index contributed by atoms with van der Waals surface area (Å²) in [6.07, 6.45) is 1.09. The van der Waals surface area contributed by atoms with E-state index in [1.165, 1.54) is 18.7 Å². The molecule has 200 valence electrons. The second-order valence-corrected chi connectivity index (χ2v) is 9.87. The number of hydrogen-bond acceptors (Lipinski definition) is 6. The Bertz CT molecular complexity index is 1680. The largest absolute Gasteiger partial charge is 0.490 e. The van der Waals surface area contributed by atoms with Gasteiger partial charge < -0.3 is 20.3 Å². The minimum absolute atomic E-state index is 0.113. The van der Waals surface area contributed by atoms with Gasteiger partial charge in [-0.1, -0.05) is 36.4 Å². The maximum atomic E-state index is 13.1. The lowest BCUT2D eigenvalue weighted by atomic mass is 9.99. The molecular formula is C31H26N4O5. The monoisotopic (exact) mass is 534 g/mol. The molecule has 0 saturated heterocycles. The van der Waals surface area contributed by atoms with Crippen molar-refractivity contribution in [1.29, 1.82) is 0 Å². The number of benzene rings is 4. The van der Waals surface area contributed by atoms with E-state index >= 15 is 0 Å². The molecule has 2 aliphatic heterocycles. The standard InChI is InChI=1S/C31H26N4O5/c1-40-29-16-22(8-11-28(29)35(38)39)21-7-9-24-26(15-21)32-25-10-6-19(14-27(25)33-31(24)37)12-13-34-18-23-5-3-2-4-20(23)17-30(34)36/h2-11,14-16,32H,12-13,17-18H2,1H3,(H,33,37). The zero-order chi connectivity index (χ0) is 27.8. The topological polar surface area (TPSA) is 114 Å². The zero-order valence-electron chi connectivity index (χ0n) is 21.8. The van der Waals surface area contributed by atoms with Crippen molar-refractivity contribution in [2.24, 2.45) is 0 Å². The Hall–Kier alpha value is -5.18. The van der Waals surface area contributed by atoms with Gasteiger partial charge in [0.1, 0.15) is 0 Å². The van der Waals surface area contributed by atoms with E-state index in [4.69, 9.17) is 4.74 Å². The zero-order valence-corrected chi connectivity index (χ0v) is 21.8. The Morgan fingerprint density at radius 2 is 1.65 bits per heavy atom. The number of hydrogen-bond donors (Lipinski definition) is 2. The van der Waals surface area contributed by atoms with E-state index in [9.17, 15) is 19.7 Å². The highest BCUT2D eigenvalue weighted by Crippen LogP contribution is 2.37. The summed E-state index contributed by atoms with van der Waals surface area (Å²) in [4.78, 5) is 38.4. The van der Waals surface area contributed by atoms with Gasteiger partial charge in [0, 0.05) is 19.2 Å². The first-order valence-electron chi connectivity index (χ1n) is 12.9. The number of ether oxygens (including phenoxy) is 1. The van der Waals surface area contributed by atoms with Crippen LogP contribution in [0.15, 0.2) is 78.9 Å². The number of carbonyl (C=O) groups is 2. The fraction of sp³-hybridized carbons (Fsp3) is 0.161. The maximum absolute atomic E-state index is 13.1. The predicted octanol–water partition coefficient (Wildman–Crippen LogP) is 5.71. The molecule has 2 heterocycles. The summed E-state index contributed by atoms with van der Waals surface area (Å²) in [6, 6.07) is 24.0. The molecule has 40 heavy (non-hydrogen) atoms. The van der Waals surface area contributed by atoms with E-state index in [0.717, 1.165) is 27.9 Å². The van der Waals surface area contributed by atoms with Crippen molar-refractivity contribution in [2.45, 2.75) is 19.4 Å². The molecule has 2 aliphatic rings. The van der Waals surface area contributed by atoms with Crippen molar-refractivity contribution < 1.29 is 19.2 Å². The number of amides is 2. The van der Waals surface area contributed by atoms with E-state index in [0.29, 0.717) is 42.9 Å². The molecule has 9 nitrogen and oxygen atoms in total. The lowest BCUT2D eigenvalue weighted by Crippen LogP contribution is -2.37. The number of nitrogens with zero attached hydrogens (tertiary/aromatic N) is 2. The van der Waals surface area contributed by atoms with Crippen LogP contribution in [0.25, 0.3) is 11.1 Å². The van der Waals surface area contributed by atoms with Gasteiger partial charge in [-0.05, 0) is 70.6 Å². The smallest absolute Gasteiger partial charge is 0.310 e. The number of nitrogens with one attached hydrogen (secondary N) is 2. The van der Waals surface area contributed by atoms with Gasteiger partial charge in [-0.25, -0.2) is 0 Å². The average molecular weight is 535 g/mol. The van der Waals surface area contributed by atoms with E-state index < -0.39 is 4.92 Å². The van der Waals surface area contributed by atoms with Crippen LogP contribution in [0.4, 0.5) is 22.7 Å². The highest BCUT2D eigenvalue weighted by molar-refractivity contribution is 6.12. The molecule has 2 N–H and O–H groups in total. The van der Waals surface area contributed by atoms with E-state index in [1.807, 2.05) is 47.4 Å². The van der Waals surface area contributed by atoms with Crippen LogP contribution in [0.5, 0.6) is 5.75 Å². The van der Waals surface area contributed by atoms with Crippen molar-refractivity contribution in [1.82, 2.24) is 4.90 Å². The van der Waals surface area contributed by atoms with Crippen LogP contribution in [0.1, 0.15) is 27.0 Å². The van der Waals surface area contributed by atoms with Gasteiger partial charge in [0.15, 0.2) is 5.75 Å². The third-order valence-corrected chi connectivity index (χ3v) is 7.42. The van der Waals surface area contributed by atoms with Crippen molar-refractivity contribution in [2.75, 3.05) is 24.3 Å². The number of rotatable bonds is 6. The minimum atomic E-state index is -0.486. The Kier molecular flexibility index (Phi) is 6.39. The first kappa shape index (κ1) is 25.1. The molecule has 0 aromatic heterocycles. The predicted molar refractivity (Wildman–Crippen MR) is 152 cm³/mol. The average Bonchev–Trinajstić information content (AvgIpc) is 3.10. The lowest BCUT2D eigenvalue weighted by molar-refractivity contribution is -0.385. The Morgan fingerprint density at radius 3 is 2.45 bits per heavy atom. The first-order valence-corrected chi connectivity index (χ1v) is 12.9. The van der Waals surface area contributed by atoms with E-state index in [2.05, 4.69) is 16.7 Å². The molecule has 0 saturated carbocycles. The lowest BCUT2D eigenvalue weighted by Gasteiger charge is -2.29. The number of nitro benzene ring substituents is 1. The van der Waals surface area contributed by atoms with Crippen LogP contribution in [-0.4, -0.2) is 35.3 Å². The van der Waals surface area contributed by atoms with Crippen LogP contribution in [0.2, 0.25) is 0 Å². The molecule has 2 amide bonds. The van der Waals surface area contributed by atoms with Gasteiger partial charge in [0.05, 0.1) is 41.1 Å². The molecule has 9 heteroatoms. The molecular weight excluding hydrogens is 508 g/mol. The first-order chi connectivity index (χ1) is 19.4. The Balaban J connectivity index is 1.22. The second-order valence-electron chi connectivity index (χ2n) is 9.87. The Labute approximate surface area is 230 Å². The number of anilines is 3.